The van der Waals surface area contributed by atoms with Crippen molar-refractivity contribution in [2.45, 2.75) is 32.1 Å². The van der Waals surface area contributed by atoms with E-state index >= 15 is 0 Å². The van der Waals surface area contributed by atoms with Gasteiger partial charge in [0.2, 0.25) is 11.8 Å². The van der Waals surface area contributed by atoms with Gasteiger partial charge in [-0.05, 0) is 36.8 Å². The number of hydrogen-bond acceptors (Lipinski definition) is 2. The molecule has 0 fully saturated rings. The Morgan fingerprint density at radius 3 is 1.94 bits per heavy atom. The third-order valence-corrected chi connectivity index (χ3v) is 3.71. The molecule has 0 unspecified atom stereocenters. The van der Waals surface area contributed by atoms with Crippen LogP contribution in [0.1, 0.15) is 30.4 Å². The standard InChI is InChI=1S/C14H18N2O2/c15-12(17)2-1-7-14(13(16)18)8-10-3-4-11(9-14)6-5-10/h3-6H,1-2,7-9H2,(H2,15,17)(H2,16,18). The molecule has 2 bridgehead atoms. The first-order valence-electron chi connectivity index (χ1n) is 6.18. The highest BCUT2D eigenvalue weighted by molar-refractivity contribution is 5.82. The Hall–Kier alpha value is -1.84. The summed E-state index contributed by atoms with van der Waals surface area (Å²) in [4.78, 5) is 22.6. The first-order valence-corrected chi connectivity index (χ1v) is 6.18. The van der Waals surface area contributed by atoms with Gasteiger partial charge in [-0.25, -0.2) is 0 Å². The van der Waals surface area contributed by atoms with Crippen molar-refractivity contribution in [2.75, 3.05) is 0 Å². The molecular weight excluding hydrogens is 228 g/mol. The minimum atomic E-state index is -0.562. The Bertz CT molecular complexity index is 440. The molecule has 96 valence electrons. The van der Waals surface area contributed by atoms with Gasteiger partial charge in [-0.1, -0.05) is 24.3 Å². The average Bonchev–Trinajstić information content (AvgIpc) is 2.58. The van der Waals surface area contributed by atoms with Crippen LogP contribution in [0.5, 0.6) is 0 Å². The molecule has 3 rings (SSSR count). The minimum absolute atomic E-state index is 0.283. The van der Waals surface area contributed by atoms with Crippen molar-refractivity contribution in [1.29, 1.82) is 0 Å². The summed E-state index contributed by atoms with van der Waals surface area (Å²) in [7, 11) is 0. The number of benzene rings is 1. The molecule has 1 aromatic carbocycles. The van der Waals surface area contributed by atoms with E-state index in [1.54, 1.807) is 0 Å². The summed E-state index contributed by atoms with van der Waals surface area (Å²) >= 11 is 0. The molecule has 2 amide bonds. The summed E-state index contributed by atoms with van der Waals surface area (Å²) in [5.74, 6) is -0.614. The molecule has 0 atom stereocenters. The van der Waals surface area contributed by atoms with Crippen molar-refractivity contribution < 1.29 is 9.59 Å². The molecule has 0 saturated heterocycles. The summed E-state index contributed by atoms with van der Waals surface area (Å²) < 4.78 is 0. The van der Waals surface area contributed by atoms with Crippen LogP contribution in [0.25, 0.3) is 0 Å². The Labute approximate surface area is 106 Å². The molecule has 18 heavy (non-hydrogen) atoms. The number of fused-ring (bicyclic) bond motifs is 4. The fraction of sp³-hybridized carbons (Fsp3) is 0.429. The fourth-order valence-electron chi connectivity index (χ4n) is 2.69. The van der Waals surface area contributed by atoms with Gasteiger partial charge in [0.15, 0.2) is 0 Å². The monoisotopic (exact) mass is 246 g/mol. The zero-order valence-corrected chi connectivity index (χ0v) is 10.3. The van der Waals surface area contributed by atoms with Crippen LogP contribution in [0, 0.1) is 5.41 Å². The van der Waals surface area contributed by atoms with Crippen molar-refractivity contribution in [3.05, 3.63) is 35.4 Å². The molecule has 0 spiro atoms. The Balaban J connectivity index is 2.16. The van der Waals surface area contributed by atoms with Crippen LogP contribution in [-0.2, 0) is 22.4 Å². The second-order valence-corrected chi connectivity index (χ2v) is 5.13. The van der Waals surface area contributed by atoms with E-state index in [2.05, 4.69) is 0 Å². The predicted molar refractivity (Wildman–Crippen MR) is 68.5 cm³/mol. The maximum absolute atomic E-state index is 11.8. The normalized spacial score (nSPS) is 16.2. The van der Waals surface area contributed by atoms with Gasteiger partial charge in [0.25, 0.3) is 0 Å². The fourth-order valence-corrected chi connectivity index (χ4v) is 2.69. The summed E-state index contributed by atoms with van der Waals surface area (Å²) in [6, 6.07) is 8.14. The van der Waals surface area contributed by atoms with Gasteiger partial charge in [-0.2, -0.15) is 0 Å². The molecule has 4 nitrogen and oxygen atoms in total. The maximum Gasteiger partial charge on any atom is 0.224 e. The van der Waals surface area contributed by atoms with Gasteiger partial charge in [0.05, 0.1) is 5.41 Å². The van der Waals surface area contributed by atoms with Crippen molar-refractivity contribution >= 4 is 11.8 Å². The molecule has 0 heterocycles. The number of primary amides is 2. The van der Waals surface area contributed by atoms with Crippen LogP contribution in [-0.4, -0.2) is 11.8 Å². The molecule has 1 aromatic rings. The number of carbonyl (C=O) groups excluding carboxylic acids is 2. The third kappa shape index (κ3) is 2.53. The number of nitrogens with two attached hydrogens (primary N) is 2. The second-order valence-electron chi connectivity index (χ2n) is 5.13. The average molecular weight is 246 g/mol. The first-order chi connectivity index (χ1) is 8.52. The minimum Gasteiger partial charge on any atom is -0.370 e. The molecule has 0 radical (unpaired) electrons. The van der Waals surface area contributed by atoms with Gasteiger partial charge >= 0.3 is 0 Å². The van der Waals surface area contributed by atoms with Crippen molar-refractivity contribution in [1.82, 2.24) is 0 Å². The Kier molecular flexibility index (Phi) is 3.36. The van der Waals surface area contributed by atoms with Crippen LogP contribution in [0.15, 0.2) is 24.3 Å². The van der Waals surface area contributed by atoms with Crippen molar-refractivity contribution in [3.63, 3.8) is 0 Å². The van der Waals surface area contributed by atoms with E-state index in [0.29, 0.717) is 32.1 Å². The molecule has 0 saturated carbocycles. The molecule has 2 aliphatic rings. The van der Waals surface area contributed by atoms with Crippen molar-refractivity contribution in [3.8, 4) is 0 Å². The smallest absolute Gasteiger partial charge is 0.224 e. The van der Waals surface area contributed by atoms with Gasteiger partial charge in [-0.15, -0.1) is 0 Å². The SMILES string of the molecule is NC(=O)CCCC1(C(N)=O)Cc2ccc(cc2)C1. The van der Waals surface area contributed by atoms with Crippen LogP contribution >= 0.6 is 0 Å². The van der Waals surface area contributed by atoms with E-state index in [0.717, 1.165) is 11.1 Å². The summed E-state index contributed by atoms with van der Waals surface area (Å²) in [5.41, 5.74) is 12.4. The van der Waals surface area contributed by atoms with Crippen LogP contribution in [0.2, 0.25) is 0 Å². The van der Waals surface area contributed by atoms with E-state index in [9.17, 15) is 9.59 Å². The third-order valence-electron chi connectivity index (χ3n) is 3.71. The predicted octanol–water partition coefficient (Wildman–Crippen LogP) is 0.912. The lowest BCUT2D eigenvalue weighted by Gasteiger charge is -2.29. The highest BCUT2D eigenvalue weighted by atomic mass is 16.1. The van der Waals surface area contributed by atoms with E-state index in [1.807, 2.05) is 24.3 Å². The molecular formula is C14H18N2O2. The Morgan fingerprint density at radius 2 is 1.56 bits per heavy atom. The molecule has 4 N–H and O–H groups in total. The molecule has 0 aliphatic heterocycles. The molecule has 0 aromatic heterocycles. The van der Waals surface area contributed by atoms with Gasteiger partial charge < -0.3 is 11.5 Å². The topological polar surface area (TPSA) is 86.2 Å². The summed E-state index contributed by atoms with van der Waals surface area (Å²) in [5, 5.41) is 0. The number of rotatable bonds is 5. The van der Waals surface area contributed by atoms with E-state index in [4.69, 9.17) is 11.5 Å². The van der Waals surface area contributed by atoms with Crippen molar-refractivity contribution in [2.24, 2.45) is 16.9 Å². The van der Waals surface area contributed by atoms with Crippen LogP contribution in [0.3, 0.4) is 0 Å². The van der Waals surface area contributed by atoms with E-state index in [1.165, 1.54) is 0 Å². The molecule has 4 heteroatoms. The summed E-state index contributed by atoms with van der Waals surface area (Å²) in [6.07, 6.45) is 2.83. The Morgan fingerprint density at radius 1 is 1.06 bits per heavy atom. The van der Waals surface area contributed by atoms with Gasteiger partial charge in [-0.3, -0.25) is 9.59 Å². The lowest BCUT2D eigenvalue weighted by molar-refractivity contribution is -0.128. The number of hydrogen-bond donors (Lipinski definition) is 2. The highest BCUT2D eigenvalue weighted by Gasteiger charge is 2.38. The quantitative estimate of drug-likeness (QED) is 0.809. The zero-order chi connectivity index (χ0) is 13.2. The van der Waals surface area contributed by atoms with Crippen LogP contribution in [0.4, 0.5) is 0 Å². The molecule has 2 aliphatic carbocycles. The number of carbonyl (C=O) groups is 2. The lowest BCUT2D eigenvalue weighted by atomic mass is 9.74. The van der Waals surface area contributed by atoms with Gasteiger partial charge in [0.1, 0.15) is 0 Å². The highest BCUT2D eigenvalue weighted by Crippen LogP contribution is 2.36. The van der Waals surface area contributed by atoms with E-state index < -0.39 is 5.41 Å². The van der Waals surface area contributed by atoms with Crippen LogP contribution < -0.4 is 11.5 Å². The van der Waals surface area contributed by atoms with Gasteiger partial charge in [0, 0.05) is 6.42 Å². The lowest BCUT2D eigenvalue weighted by Crippen LogP contribution is -2.40. The van der Waals surface area contributed by atoms with E-state index in [-0.39, 0.29) is 11.8 Å². The second kappa shape index (κ2) is 4.80. The maximum atomic E-state index is 11.8. The zero-order valence-electron chi connectivity index (χ0n) is 10.3. The summed E-state index contributed by atoms with van der Waals surface area (Å²) in [6.45, 7) is 0. The number of amides is 2. The largest absolute Gasteiger partial charge is 0.370 e. The first kappa shape index (κ1) is 12.6.